The smallest absolute Gasteiger partial charge is 0.258 e. The second-order valence-corrected chi connectivity index (χ2v) is 8.39. The van der Waals surface area contributed by atoms with Crippen LogP contribution in [0.15, 0.2) is 48.5 Å². The summed E-state index contributed by atoms with van der Waals surface area (Å²) in [5, 5.41) is 7.72. The molecule has 1 heterocycles. The number of carbonyl (C=O) groups is 1. The number of nitrogens with one attached hydrogen (secondary N) is 3. The van der Waals surface area contributed by atoms with E-state index in [1.54, 1.807) is 30.3 Å². The van der Waals surface area contributed by atoms with Crippen molar-refractivity contribution in [3.05, 3.63) is 82.9 Å². The Labute approximate surface area is 210 Å². The Morgan fingerprint density at radius 1 is 0.861 bits per heavy atom. The van der Waals surface area contributed by atoms with Crippen LogP contribution in [0.25, 0.3) is 0 Å². The highest BCUT2D eigenvalue weighted by atomic mass is 32.1. The molecule has 0 spiro atoms. The van der Waals surface area contributed by atoms with Crippen LogP contribution in [-0.4, -0.2) is 37.3 Å². The number of nitrogens with zero attached hydrogens (tertiary/aromatic N) is 1. The highest BCUT2D eigenvalue weighted by Gasteiger charge is 2.28. The summed E-state index contributed by atoms with van der Waals surface area (Å²) in [5.41, 5.74) is -0.490. The van der Waals surface area contributed by atoms with Gasteiger partial charge in [-0.2, -0.15) is 0 Å². The van der Waals surface area contributed by atoms with Crippen molar-refractivity contribution in [1.29, 1.82) is 0 Å². The first-order valence-corrected chi connectivity index (χ1v) is 11.4. The number of hydrogen-bond donors (Lipinski definition) is 3. The Bertz CT molecular complexity index is 1300. The standard InChI is InChI=1S/C25H22F4N4O2S/c1-14-19(27)22(21(29)23(20(14)28)33-10-12-35-13-11-33)32-25(36)31-16-8-6-15(7-9-16)30-24(34)17-4-2-3-5-18(17)26/h2-9H,10-13H2,1H3,(H,30,34)(H2,31,32,36). The van der Waals surface area contributed by atoms with Crippen molar-refractivity contribution in [2.45, 2.75) is 6.92 Å². The highest BCUT2D eigenvalue weighted by Crippen LogP contribution is 2.35. The minimum Gasteiger partial charge on any atom is -0.378 e. The molecule has 0 atom stereocenters. The van der Waals surface area contributed by atoms with Gasteiger partial charge in [-0.15, -0.1) is 0 Å². The molecule has 1 saturated heterocycles. The second kappa shape index (κ2) is 10.9. The molecule has 1 aliphatic rings. The highest BCUT2D eigenvalue weighted by molar-refractivity contribution is 7.80. The van der Waals surface area contributed by atoms with Crippen molar-refractivity contribution in [2.24, 2.45) is 0 Å². The number of amides is 1. The summed E-state index contributed by atoms with van der Waals surface area (Å²) in [7, 11) is 0. The minimum atomic E-state index is -1.09. The summed E-state index contributed by atoms with van der Waals surface area (Å²) < 4.78 is 63.8. The summed E-state index contributed by atoms with van der Waals surface area (Å²) in [6, 6.07) is 11.8. The third kappa shape index (κ3) is 5.42. The van der Waals surface area contributed by atoms with E-state index in [1.165, 1.54) is 30.0 Å². The van der Waals surface area contributed by atoms with Crippen molar-refractivity contribution < 1.29 is 27.1 Å². The van der Waals surface area contributed by atoms with Gasteiger partial charge in [-0.1, -0.05) is 12.1 Å². The van der Waals surface area contributed by atoms with Crippen LogP contribution in [0, 0.1) is 30.2 Å². The molecular formula is C25H22F4N4O2S. The molecule has 6 nitrogen and oxygen atoms in total. The van der Waals surface area contributed by atoms with Crippen LogP contribution in [0.3, 0.4) is 0 Å². The van der Waals surface area contributed by atoms with Crippen molar-refractivity contribution in [1.82, 2.24) is 0 Å². The molecule has 0 saturated carbocycles. The SMILES string of the molecule is Cc1c(F)c(NC(=S)Nc2ccc(NC(=O)c3ccccc3F)cc2)c(F)c(N2CCOCC2)c1F. The maximum Gasteiger partial charge on any atom is 0.258 e. The molecule has 1 aliphatic heterocycles. The number of benzene rings is 3. The Morgan fingerprint density at radius 3 is 2.11 bits per heavy atom. The molecule has 36 heavy (non-hydrogen) atoms. The fourth-order valence-corrected chi connectivity index (χ4v) is 3.92. The van der Waals surface area contributed by atoms with Crippen molar-refractivity contribution in [2.75, 3.05) is 47.2 Å². The number of hydrogen-bond acceptors (Lipinski definition) is 4. The lowest BCUT2D eigenvalue weighted by molar-refractivity contribution is 0.102. The van der Waals surface area contributed by atoms with Gasteiger partial charge in [-0.3, -0.25) is 4.79 Å². The van der Waals surface area contributed by atoms with E-state index >= 15 is 4.39 Å². The third-order valence-electron chi connectivity index (χ3n) is 5.60. The molecule has 4 rings (SSSR count). The molecule has 11 heteroatoms. The number of thiocarbonyl (C=S) groups is 1. The number of ether oxygens (including phenoxy) is 1. The minimum absolute atomic E-state index is 0.0971. The predicted octanol–water partition coefficient (Wildman–Crippen LogP) is 5.45. The molecule has 0 aliphatic carbocycles. The fourth-order valence-electron chi connectivity index (χ4n) is 3.70. The summed E-state index contributed by atoms with van der Waals surface area (Å²) in [6.45, 7) is 2.36. The van der Waals surface area contributed by atoms with E-state index in [0.29, 0.717) is 24.6 Å². The normalized spacial score (nSPS) is 13.3. The van der Waals surface area contributed by atoms with Crippen LogP contribution in [0.4, 0.5) is 40.3 Å². The van der Waals surface area contributed by atoms with E-state index in [0.717, 1.165) is 0 Å². The topological polar surface area (TPSA) is 65.6 Å². The van der Waals surface area contributed by atoms with Gasteiger partial charge in [-0.05, 0) is 55.5 Å². The predicted molar refractivity (Wildman–Crippen MR) is 135 cm³/mol. The molecule has 0 radical (unpaired) electrons. The molecule has 1 fully saturated rings. The lowest BCUT2D eigenvalue weighted by Gasteiger charge is -2.30. The zero-order chi connectivity index (χ0) is 25.8. The number of rotatable bonds is 5. The first-order chi connectivity index (χ1) is 17.3. The van der Waals surface area contributed by atoms with E-state index in [2.05, 4.69) is 16.0 Å². The zero-order valence-electron chi connectivity index (χ0n) is 19.1. The second-order valence-electron chi connectivity index (χ2n) is 7.98. The summed E-state index contributed by atoms with van der Waals surface area (Å²) in [4.78, 5) is 13.7. The first kappa shape index (κ1) is 25.4. The van der Waals surface area contributed by atoms with Crippen LogP contribution < -0.4 is 20.9 Å². The third-order valence-corrected chi connectivity index (χ3v) is 5.80. The van der Waals surface area contributed by atoms with Gasteiger partial charge >= 0.3 is 0 Å². The molecule has 188 valence electrons. The lowest BCUT2D eigenvalue weighted by Crippen LogP contribution is -2.38. The summed E-state index contributed by atoms with van der Waals surface area (Å²) in [5.74, 6) is -4.40. The number of carbonyl (C=O) groups excluding carboxylic acids is 1. The van der Waals surface area contributed by atoms with Gasteiger partial charge in [0.1, 0.15) is 17.2 Å². The van der Waals surface area contributed by atoms with Gasteiger partial charge in [0, 0.05) is 30.0 Å². The van der Waals surface area contributed by atoms with E-state index in [-0.39, 0.29) is 35.0 Å². The van der Waals surface area contributed by atoms with Crippen LogP contribution >= 0.6 is 12.2 Å². The average Bonchev–Trinajstić information content (AvgIpc) is 2.87. The average molecular weight is 519 g/mol. The van der Waals surface area contributed by atoms with Crippen molar-refractivity contribution in [3.8, 4) is 0 Å². The van der Waals surface area contributed by atoms with Crippen molar-refractivity contribution in [3.63, 3.8) is 0 Å². The maximum atomic E-state index is 15.2. The van der Waals surface area contributed by atoms with Gasteiger partial charge in [0.2, 0.25) is 0 Å². The Balaban J connectivity index is 1.46. The molecule has 1 amide bonds. The van der Waals surface area contributed by atoms with Crippen LogP contribution in [0.5, 0.6) is 0 Å². The summed E-state index contributed by atoms with van der Waals surface area (Å²) >= 11 is 5.20. The molecule has 0 aromatic heterocycles. The fraction of sp³-hybridized carbons (Fsp3) is 0.200. The Kier molecular flexibility index (Phi) is 7.70. The molecule has 3 N–H and O–H groups in total. The van der Waals surface area contributed by atoms with Crippen molar-refractivity contribution >= 4 is 46.0 Å². The van der Waals surface area contributed by atoms with Gasteiger partial charge < -0.3 is 25.6 Å². The van der Waals surface area contributed by atoms with Gasteiger partial charge in [0.15, 0.2) is 22.6 Å². The molecule has 3 aromatic carbocycles. The lowest BCUT2D eigenvalue weighted by atomic mass is 10.1. The van der Waals surface area contributed by atoms with Crippen LogP contribution in [0.1, 0.15) is 15.9 Å². The number of halogens is 4. The monoisotopic (exact) mass is 518 g/mol. The van der Waals surface area contributed by atoms with E-state index in [1.807, 2.05) is 0 Å². The Morgan fingerprint density at radius 2 is 1.47 bits per heavy atom. The molecular weight excluding hydrogens is 496 g/mol. The zero-order valence-corrected chi connectivity index (χ0v) is 19.9. The van der Waals surface area contributed by atoms with Gasteiger partial charge in [-0.25, -0.2) is 17.6 Å². The van der Waals surface area contributed by atoms with Gasteiger partial charge in [0.05, 0.1) is 18.8 Å². The molecule has 3 aromatic rings. The van der Waals surface area contributed by atoms with Crippen LogP contribution in [0.2, 0.25) is 0 Å². The van der Waals surface area contributed by atoms with Gasteiger partial charge in [0.25, 0.3) is 5.91 Å². The molecule has 0 bridgehead atoms. The van der Waals surface area contributed by atoms with E-state index in [9.17, 15) is 18.0 Å². The first-order valence-electron chi connectivity index (χ1n) is 11.0. The van der Waals surface area contributed by atoms with E-state index in [4.69, 9.17) is 17.0 Å². The van der Waals surface area contributed by atoms with Crippen LogP contribution in [-0.2, 0) is 4.74 Å². The summed E-state index contributed by atoms with van der Waals surface area (Å²) in [6.07, 6.45) is 0. The number of morpholine rings is 1. The molecule has 0 unspecified atom stereocenters. The van der Waals surface area contributed by atoms with E-state index < -0.39 is 34.9 Å². The largest absolute Gasteiger partial charge is 0.378 e. The maximum absolute atomic E-state index is 15.2. The quantitative estimate of drug-likeness (QED) is 0.309. The Hall–Kier alpha value is -3.70. The number of anilines is 4.